The third-order valence-electron chi connectivity index (χ3n) is 3.26. The van der Waals surface area contributed by atoms with Crippen LogP contribution >= 0.6 is 0 Å². The molecule has 0 spiro atoms. The summed E-state index contributed by atoms with van der Waals surface area (Å²) in [7, 11) is 0. The smallest absolute Gasteiger partial charge is 0.237 e. The molecule has 1 aromatic heterocycles. The first-order valence-electron chi connectivity index (χ1n) is 6.56. The third-order valence-corrected chi connectivity index (χ3v) is 3.26. The monoisotopic (exact) mass is 262 g/mol. The molecule has 20 heavy (non-hydrogen) atoms. The molecule has 0 aliphatic carbocycles. The lowest BCUT2D eigenvalue weighted by Crippen LogP contribution is -2.13. The molecule has 97 valence electrons. The zero-order valence-electron chi connectivity index (χ0n) is 11.0. The van der Waals surface area contributed by atoms with Gasteiger partial charge in [-0.05, 0) is 29.8 Å². The zero-order chi connectivity index (χ0) is 13.8. The van der Waals surface area contributed by atoms with E-state index in [1.807, 2.05) is 54.6 Å². The summed E-state index contributed by atoms with van der Waals surface area (Å²) >= 11 is 0. The first-order chi connectivity index (χ1) is 9.84. The third kappa shape index (κ3) is 2.57. The number of pyridine rings is 1. The maximum absolute atomic E-state index is 11.8. The molecule has 0 fully saturated rings. The van der Waals surface area contributed by atoms with E-state index < -0.39 is 0 Å². The minimum absolute atomic E-state index is 0.414. The highest BCUT2D eigenvalue weighted by Crippen LogP contribution is 2.24. The van der Waals surface area contributed by atoms with Crippen LogP contribution in [0, 0.1) is 11.0 Å². The van der Waals surface area contributed by atoms with Crippen LogP contribution in [-0.4, -0.2) is 16.3 Å². The van der Waals surface area contributed by atoms with E-state index in [0.717, 1.165) is 27.3 Å². The lowest BCUT2D eigenvalue weighted by atomic mass is 9.99. The number of allylic oxidation sites excluding steroid dienone is 3. The molecule has 0 bridgehead atoms. The van der Waals surface area contributed by atoms with Gasteiger partial charge in [-0.15, -0.1) is 0 Å². The number of rotatable bonds is 3. The molecule has 0 atom stereocenters. The summed E-state index contributed by atoms with van der Waals surface area (Å²) < 4.78 is 1.02. The van der Waals surface area contributed by atoms with Crippen LogP contribution < -0.4 is 0 Å². The Morgan fingerprint density at radius 3 is 3.00 bits per heavy atom. The van der Waals surface area contributed by atoms with Crippen LogP contribution in [0.4, 0.5) is 0 Å². The highest BCUT2D eigenvalue weighted by Gasteiger charge is 2.20. The molecule has 1 aliphatic rings. The van der Waals surface area contributed by atoms with Crippen LogP contribution in [0.1, 0.15) is 5.56 Å². The molecule has 0 N–H and O–H groups in total. The van der Waals surface area contributed by atoms with Crippen molar-refractivity contribution in [2.75, 3.05) is 6.54 Å². The van der Waals surface area contributed by atoms with Crippen LogP contribution in [0.5, 0.6) is 0 Å². The van der Waals surface area contributed by atoms with E-state index >= 15 is 0 Å². The lowest BCUT2D eigenvalue weighted by Gasteiger charge is -2.08. The van der Waals surface area contributed by atoms with Gasteiger partial charge in [0.2, 0.25) is 12.2 Å². The Morgan fingerprint density at radius 1 is 1.25 bits per heavy atom. The molecular weight excluding hydrogens is 248 g/mol. The van der Waals surface area contributed by atoms with E-state index in [4.69, 9.17) is 0 Å². The van der Waals surface area contributed by atoms with Gasteiger partial charge in [-0.3, -0.25) is 4.98 Å². The summed E-state index contributed by atoms with van der Waals surface area (Å²) in [6, 6.07) is 14.9. The molecule has 3 heteroatoms. The van der Waals surface area contributed by atoms with E-state index in [1.54, 1.807) is 6.20 Å². The first-order valence-corrected chi connectivity index (χ1v) is 6.56. The molecule has 0 saturated carbocycles. The Morgan fingerprint density at radius 2 is 2.20 bits per heavy atom. The second-order valence-corrected chi connectivity index (χ2v) is 4.60. The maximum Gasteiger partial charge on any atom is 0.237 e. The standard InChI is InChI=1S/C17H14N2O/c20-19-12-6-4-8-15(19)13-14-7-1-2-9-16(14)17-10-3-5-11-18-17/h1-6,8-11H,12-13H2/q+1. The Bertz CT molecular complexity index is 687. The van der Waals surface area contributed by atoms with Crippen LogP contribution in [0.15, 0.2) is 66.5 Å². The second kappa shape index (κ2) is 5.61. The molecule has 1 radical (unpaired) electrons. The number of benzene rings is 1. The van der Waals surface area contributed by atoms with Crippen molar-refractivity contribution in [3.05, 3.63) is 83.1 Å². The molecule has 0 amide bonds. The summed E-state index contributed by atoms with van der Waals surface area (Å²) in [4.78, 5) is 16.2. The average Bonchev–Trinajstić information content (AvgIpc) is 2.51. The highest BCUT2D eigenvalue weighted by molar-refractivity contribution is 5.63. The van der Waals surface area contributed by atoms with Gasteiger partial charge in [0.25, 0.3) is 0 Å². The Balaban J connectivity index is 1.97. The van der Waals surface area contributed by atoms with Crippen molar-refractivity contribution >= 4 is 0 Å². The second-order valence-electron chi connectivity index (χ2n) is 4.60. The molecule has 1 aromatic carbocycles. The fourth-order valence-electron chi connectivity index (χ4n) is 2.24. The number of hydrogen-bond acceptors (Lipinski definition) is 2. The van der Waals surface area contributed by atoms with Gasteiger partial charge in [0.1, 0.15) is 0 Å². The van der Waals surface area contributed by atoms with Gasteiger partial charge in [-0.2, -0.15) is 0 Å². The summed E-state index contributed by atoms with van der Waals surface area (Å²) in [6.07, 6.45) is 7.98. The number of aromatic nitrogens is 1. The van der Waals surface area contributed by atoms with Crippen LogP contribution in [0.25, 0.3) is 11.3 Å². The van der Waals surface area contributed by atoms with Gasteiger partial charge in [-0.25, -0.2) is 0 Å². The van der Waals surface area contributed by atoms with Crippen molar-refractivity contribution in [1.82, 2.24) is 4.98 Å². The Kier molecular flexibility index (Phi) is 3.50. The van der Waals surface area contributed by atoms with Crippen molar-refractivity contribution < 1.29 is 4.76 Å². The largest absolute Gasteiger partial charge is 0.256 e. The van der Waals surface area contributed by atoms with E-state index in [2.05, 4.69) is 11.1 Å². The fraction of sp³-hybridized carbons (Fsp3) is 0.118. The van der Waals surface area contributed by atoms with Gasteiger partial charge in [-0.1, -0.05) is 30.3 Å². The molecule has 3 rings (SSSR count). The van der Waals surface area contributed by atoms with Gasteiger partial charge in [0.15, 0.2) is 0 Å². The van der Waals surface area contributed by atoms with Crippen molar-refractivity contribution in [1.29, 1.82) is 0 Å². The topological polar surface area (TPSA) is 33.0 Å². The number of hydrogen-bond donors (Lipinski definition) is 0. The molecular formula is C17H14N2O+. The van der Waals surface area contributed by atoms with Gasteiger partial charge in [0, 0.05) is 27.5 Å². The number of nitrogens with zero attached hydrogens (tertiary/aromatic N) is 2. The predicted octanol–water partition coefficient (Wildman–Crippen LogP) is 3.32. The molecule has 1 aliphatic heterocycles. The van der Waals surface area contributed by atoms with Gasteiger partial charge < -0.3 is 0 Å². The summed E-state index contributed by atoms with van der Waals surface area (Å²) in [5.74, 6) is 0. The Labute approximate surface area is 117 Å². The van der Waals surface area contributed by atoms with Gasteiger partial charge >= 0.3 is 0 Å². The summed E-state index contributed by atoms with van der Waals surface area (Å²) in [5, 5.41) is 0. The minimum Gasteiger partial charge on any atom is -0.256 e. The molecule has 3 nitrogen and oxygen atoms in total. The normalized spacial score (nSPS) is 14.2. The molecule has 0 saturated heterocycles. The highest BCUT2D eigenvalue weighted by atomic mass is 16.3. The average molecular weight is 262 g/mol. The zero-order valence-corrected chi connectivity index (χ0v) is 11.0. The van der Waals surface area contributed by atoms with E-state index in [-0.39, 0.29) is 0 Å². The Hall–Kier alpha value is -2.55. The SMILES string of the molecule is O=[N+]1CC=CC=C1Cc1[c]cccc1-c1ccccn1. The van der Waals surface area contributed by atoms with Crippen molar-refractivity contribution in [2.24, 2.45) is 0 Å². The van der Waals surface area contributed by atoms with E-state index in [1.165, 1.54) is 0 Å². The molecule has 0 unspecified atom stereocenters. The van der Waals surface area contributed by atoms with Crippen molar-refractivity contribution in [3.63, 3.8) is 0 Å². The predicted molar refractivity (Wildman–Crippen MR) is 77.9 cm³/mol. The lowest BCUT2D eigenvalue weighted by molar-refractivity contribution is -0.491. The van der Waals surface area contributed by atoms with Gasteiger partial charge in [0.05, 0.1) is 12.1 Å². The van der Waals surface area contributed by atoms with Crippen LogP contribution in [0.2, 0.25) is 0 Å². The number of nitroso groups, excluding NO2 is 1. The minimum atomic E-state index is 0.414. The van der Waals surface area contributed by atoms with E-state index in [9.17, 15) is 4.91 Å². The molecule has 2 heterocycles. The quantitative estimate of drug-likeness (QED) is 0.795. The summed E-state index contributed by atoms with van der Waals surface area (Å²) in [6.45, 7) is 0.414. The van der Waals surface area contributed by atoms with Crippen molar-refractivity contribution in [3.8, 4) is 11.3 Å². The summed E-state index contributed by atoms with van der Waals surface area (Å²) in [5.41, 5.74) is 3.68. The fourth-order valence-corrected chi connectivity index (χ4v) is 2.24. The van der Waals surface area contributed by atoms with Crippen molar-refractivity contribution in [2.45, 2.75) is 6.42 Å². The maximum atomic E-state index is 11.8. The van der Waals surface area contributed by atoms with E-state index in [0.29, 0.717) is 13.0 Å². The van der Waals surface area contributed by atoms with Crippen LogP contribution in [0.3, 0.4) is 0 Å². The first kappa shape index (κ1) is 12.5. The molecule has 2 aromatic rings. The van der Waals surface area contributed by atoms with Crippen LogP contribution in [-0.2, 0) is 6.42 Å².